The molecule has 0 spiro atoms. The fraction of sp³-hybridized carbons (Fsp3) is 0.810. The molecule has 3 aliphatic carbocycles. The summed E-state index contributed by atoms with van der Waals surface area (Å²) >= 11 is 0. The van der Waals surface area contributed by atoms with Crippen LogP contribution in [0.25, 0.3) is 0 Å². The number of imide groups is 1. The van der Waals surface area contributed by atoms with Crippen molar-refractivity contribution in [3.05, 3.63) is 0 Å². The van der Waals surface area contributed by atoms with Crippen molar-refractivity contribution in [3.8, 4) is 0 Å². The van der Waals surface area contributed by atoms with Crippen LogP contribution >= 0.6 is 0 Å². The van der Waals surface area contributed by atoms with Gasteiger partial charge in [-0.1, -0.05) is 19.3 Å². The lowest BCUT2D eigenvalue weighted by Gasteiger charge is -2.45. The van der Waals surface area contributed by atoms with Crippen LogP contribution in [0.2, 0.25) is 0 Å². The molecule has 4 fully saturated rings. The number of rotatable bonds is 3. The van der Waals surface area contributed by atoms with E-state index in [1.165, 1.54) is 4.90 Å². The number of carbonyl (C=O) groups is 3. The molecule has 166 valence electrons. The van der Waals surface area contributed by atoms with Gasteiger partial charge in [-0.3, -0.25) is 14.5 Å². The van der Waals surface area contributed by atoms with Gasteiger partial charge in [-0.05, 0) is 32.6 Å². The molecular weight excluding hydrogens is 390 g/mol. The summed E-state index contributed by atoms with van der Waals surface area (Å²) in [5.74, 6) is -2.27. The lowest BCUT2D eigenvalue weighted by Crippen LogP contribution is -2.55. The van der Waals surface area contributed by atoms with Crippen LogP contribution in [0.1, 0.15) is 58.3 Å². The van der Waals surface area contributed by atoms with E-state index in [2.05, 4.69) is 10.5 Å². The lowest BCUT2D eigenvalue weighted by molar-refractivity contribution is -0.145. The van der Waals surface area contributed by atoms with Gasteiger partial charge >= 0.3 is 6.09 Å². The second-order valence-corrected chi connectivity index (χ2v) is 8.93. The highest BCUT2D eigenvalue weighted by Gasteiger charge is 2.60. The van der Waals surface area contributed by atoms with Gasteiger partial charge in [-0.25, -0.2) is 10.2 Å². The number of nitrogens with one attached hydrogen (secondary N) is 1. The summed E-state index contributed by atoms with van der Waals surface area (Å²) in [7, 11) is 0. The molecule has 9 nitrogen and oxygen atoms in total. The van der Waals surface area contributed by atoms with Crippen LogP contribution in [-0.2, 0) is 14.3 Å². The van der Waals surface area contributed by atoms with Crippen LogP contribution in [0, 0.1) is 23.7 Å². The number of aliphatic hydroxyl groups is 2. The normalized spacial score (nSPS) is 38.4. The molecule has 4 aliphatic rings. The number of nitrogens with zero attached hydrogens (tertiary/aromatic N) is 2. The maximum Gasteiger partial charge on any atom is 0.427 e. The van der Waals surface area contributed by atoms with Crippen molar-refractivity contribution < 1.29 is 29.3 Å². The largest absolute Gasteiger partial charge is 0.449 e. The molecule has 9 heteroatoms. The van der Waals surface area contributed by atoms with Gasteiger partial charge in [0.1, 0.15) is 0 Å². The molecule has 6 atom stereocenters. The average molecular weight is 421 g/mol. The first-order valence-electron chi connectivity index (χ1n) is 11.2. The fourth-order valence-corrected chi connectivity index (χ4v) is 6.00. The Morgan fingerprint density at radius 1 is 1.10 bits per heavy atom. The predicted octanol–water partition coefficient (Wildman–Crippen LogP) is 1.17. The summed E-state index contributed by atoms with van der Waals surface area (Å²) in [5, 5.41) is 25.4. The molecule has 0 unspecified atom stereocenters. The summed E-state index contributed by atoms with van der Waals surface area (Å²) in [4.78, 5) is 39.6. The van der Waals surface area contributed by atoms with E-state index in [0.717, 1.165) is 32.1 Å². The number of aliphatic hydroxyl groups excluding tert-OH is 2. The molecule has 1 aliphatic heterocycles. The Balaban J connectivity index is 1.59. The molecule has 3 saturated carbocycles. The van der Waals surface area contributed by atoms with Gasteiger partial charge < -0.3 is 14.9 Å². The Labute approximate surface area is 175 Å². The zero-order valence-corrected chi connectivity index (χ0v) is 17.3. The molecule has 0 aromatic heterocycles. The molecule has 1 heterocycles. The van der Waals surface area contributed by atoms with E-state index in [-0.39, 0.29) is 36.8 Å². The number of carbonyl (C=O) groups excluding carboxylic acids is 3. The number of hydrogen-bond acceptors (Lipinski definition) is 7. The van der Waals surface area contributed by atoms with E-state index in [9.17, 15) is 24.6 Å². The van der Waals surface area contributed by atoms with E-state index in [0.29, 0.717) is 18.6 Å². The monoisotopic (exact) mass is 421 g/mol. The van der Waals surface area contributed by atoms with Gasteiger partial charge in [-0.2, -0.15) is 5.10 Å². The summed E-state index contributed by atoms with van der Waals surface area (Å²) < 4.78 is 4.82. The SMILES string of the molecule is CCOC(=O)N/N=C1/C[C@@H](O)[C@@H](O)[C@@H]2[C@@H]3C(=O)N(C4CCCCC4)C(=O)[C@H]3CC[C@@H]12. The Kier molecular flexibility index (Phi) is 6.11. The quantitative estimate of drug-likeness (QED) is 0.464. The minimum Gasteiger partial charge on any atom is -0.449 e. The van der Waals surface area contributed by atoms with E-state index < -0.39 is 36.1 Å². The second kappa shape index (κ2) is 8.63. The molecule has 4 rings (SSSR count). The molecule has 0 aromatic rings. The predicted molar refractivity (Wildman–Crippen MR) is 106 cm³/mol. The second-order valence-electron chi connectivity index (χ2n) is 8.93. The van der Waals surface area contributed by atoms with E-state index in [1.54, 1.807) is 6.92 Å². The maximum atomic E-state index is 13.4. The van der Waals surface area contributed by atoms with Crippen LogP contribution in [0.15, 0.2) is 5.10 Å². The first-order chi connectivity index (χ1) is 14.4. The van der Waals surface area contributed by atoms with Crippen molar-refractivity contribution in [2.45, 2.75) is 76.5 Å². The van der Waals surface area contributed by atoms with Gasteiger partial charge in [0.25, 0.3) is 0 Å². The maximum absolute atomic E-state index is 13.4. The van der Waals surface area contributed by atoms with Gasteiger partial charge in [0.05, 0.1) is 30.7 Å². The third-order valence-corrected chi connectivity index (χ3v) is 7.32. The standard InChI is InChI=1S/C21H31N3O6/c1-2-30-21(29)23-22-14-10-15(25)18(26)16-12(14)8-9-13-17(16)20(28)24(19(13)27)11-6-4-3-5-7-11/h11-13,15-18,25-26H,2-10H2,1H3,(H,23,29)/b22-14-/t12-,13-,15+,16-,17+,18+/m0/s1. The fourth-order valence-electron chi connectivity index (χ4n) is 6.00. The summed E-state index contributed by atoms with van der Waals surface area (Å²) in [5.41, 5.74) is 2.88. The smallest absolute Gasteiger partial charge is 0.427 e. The molecule has 0 bridgehead atoms. The number of likely N-dealkylation sites (tertiary alicyclic amines) is 1. The molecular formula is C21H31N3O6. The Bertz CT molecular complexity index is 734. The summed E-state index contributed by atoms with van der Waals surface area (Å²) in [6, 6.07) is -0.0490. The van der Waals surface area contributed by atoms with Crippen molar-refractivity contribution in [3.63, 3.8) is 0 Å². The Morgan fingerprint density at radius 2 is 1.80 bits per heavy atom. The third-order valence-electron chi connectivity index (χ3n) is 7.32. The highest BCUT2D eigenvalue weighted by molar-refractivity contribution is 6.06. The van der Waals surface area contributed by atoms with Crippen molar-refractivity contribution in [2.24, 2.45) is 28.8 Å². The van der Waals surface area contributed by atoms with E-state index in [4.69, 9.17) is 4.74 Å². The molecule has 3 amide bonds. The lowest BCUT2D eigenvalue weighted by atomic mass is 9.60. The molecule has 3 N–H and O–H groups in total. The highest BCUT2D eigenvalue weighted by Crippen LogP contribution is 2.50. The number of hydrogen-bond donors (Lipinski definition) is 3. The van der Waals surface area contributed by atoms with Gasteiger partial charge in [-0.15, -0.1) is 0 Å². The first kappa shape index (κ1) is 21.2. The summed E-state index contributed by atoms with van der Waals surface area (Å²) in [6.07, 6.45) is 3.18. The molecule has 0 aromatic carbocycles. The van der Waals surface area contributed by atoms with Gasteiger partial charge in [0.2, 0.25) is 11.8 Å². The third kappa shape index (κ3) is 3.62. The minimum absolute atomic E-state index is 0.0490. The van der Waals surface area contributed by atoms with Crippen LogP contribution < -0.4 is 5.43 Å². The first-order valence-corrected chi connectivity index (χ1v) is 11.2. The van der Waals surface area contributed by atoms with Crippen LogP contribution in [-0.4, -0.2) is 63.6 Å². The van der Waals surface area contributed by atoms with Crippen molar-refractivity contribution in [2.75, 3.05) is 6.61 Å². The van der Waals surface area contributed by atoms with Crippen molar-refractivity contribution in [1.29, 1.82) is 0 Å². The molecule has 1 saturated heterocycles. The number of ether oxygens (including phenoxy) is 1. The highest BCUT2D eigenvalue weighted by atomic mass is 16.5. The molecule has 30 heavy (non-hydrogen) atoms. The van der Waals surface area contributed by atoms with E-state index in [1.807, 2.05) is 0 Å². The number of hydrazone groups is 1. The topological polar surface area (TPSA) is 129 Å². The van der Waals surface area contributed by atoms with E-state index >= 15 is 0 Å². The minimum atomic E-state index is -1.10. The number of fused-ring (bicyclic) bond motifs is 3. The number of amides is 3. The average Bonchev–Trinajstić information content (AvgIpc) is 3.00. The Morgan fingerprint density at radius 3 is 2.50 bits per heavy atom. The van der Waals surface area contributed by atoms with Gasteiger partial charge in [0.15, 0.2) is 0 Å². The van der Waals surface area contributed by atoms with Gasteiger partial charge in [0, 0.05) is 30.0 Å². The molecule has 0 radical (unpaired) electrons. The van der Waals surface area contributed by atoms with Crippen LogP contribution in [0.3, 0.4) is 0 Å². The summed E-state index contributed by atoms with van der Waals surface area (Å²) in [6.45, 7) is 1.90. The van der Waals surface area contributed by atoms with Crippen LogP contribution in [0.4, 0.5) is 4.79 Å². The van der Waals surface area contributed by atoms with Crippen molar-refractivity contribution in [1.82, 2.24) is 10.3 Å². The Hall–Kier alpha value is -2.00. The van der Waals surface area contributed by atoms with Crippen molar-refractivity contribution >= 4 is 23.6 Å². The van der Waals surface area contributed by atoms with Crippen LogP contribution in [0.5, 0.6) is 0 Å². The zero-order chi connectivity index (χ0) is 21.4. The zero-order valence-electron chi connectivity index (χ0n) is 17.3.